The first kappa shape index (κ1) is 16.7. The maximum Gasteiger partial charge on any atom is 0.253 e. The van der Waals surface area contributed by atoms with Gasteiger partial charge in [-0.3, -0.25) is 9.69 Å². The molecule has 1 N–H and O–H groups in total. The van der Waals surface area contributed by atoms with Crippen molar-refractivity contribution in [1.82, 2.24) is 35.0 Å². The molecular weight excluding hydrogens is 330 g/mol. The molecule has 2 aromatic heterocycles. The SMILES string of the molecule is CC(c1nnnn1C)N1CC[C@H](NC(=O)c2cn(C)c3ccccc23)C1. The van der Waals surface area contributed by atoms with Crippen molar-refractivity contribution >= 4 is 16.8 Å². The van der Waals surface area contributed by atoms with Crippen LogP contribution in [0.3, 0.4) is 0 Å². The Kier molecular flexibility index (Phi) is 4.20. The molecule has 136 valence electrons. The lowest BCUT2D eigenvalue weighted by molar-refractivity contribution is 0.0937. The molecule has 1 amide bonds. The summed E-state index contributed by atoms with van der Waals surface area (Å²) >= 11 is 0. The third-order valence-electron chi connectivity index (χ3n) is 5.27. The minimum absolute atomic E-state index is 0.0124. The molecule has 1 saturated heterocycles. The molecule has 8 nitrogen and oxygen atoms in total. The first-order valence-corrected chi connectivity index (χ1v) is 8.86. The molecule has 8 heteroatoms. The maximum absolute atomic E-state index is 12.8. The van der Waals surface area contributed by atoms with Crippen molar-refractivity contribution in [1.29, 1.82) is 0 Å². The summed E-state index contributed by atoms with van der Waals surface area (Å²) in [5, 5.41) is 15.9. The van der Waals surface area contributed by atoms with Crippen LogP contribution >= 0.6 is 0 Å². The molecule has 1 aliphatic heterocycles. The van der Waals surface area contributed by atoms with E-state index in [-0.39, 0.29) is 18.0 Å². The van der Waals surface area contributed by atoms with Crippen molar-refractivity contribution in [2.24, 2.45) is 14.1 Å². The van der Waals surface area contributed by atoms with E-state index in [0.717, 1.165) is 41.8 Å². The molecular formula is C18H23N7O. The molecule has 26 heavy (non-hydrogen) atoms. The standard InChI is InChI=1S/C18H23N7O/c1-12(17-20-21-22-24(17)3)25-9-8-13(10-25)19-18(26)15-11-23(2)16-7-5-4-6-14(15)16/h4-7,11-13H,8-10H2,1-3H3,(H,19,26)/t12?,13-/m0/s1. The van der Waals surface area contributed by atoms with E-state index in [1.165, 1.54) is 0 Å². The highest BCUT2D eigenvalue weighted by atomic mass is 16.1. The van der Waals surface area contributed by atoms with Crippen molar-refractivity contribution in [3.8, 4) is 0 Å². The number of carbonyl (C=O) groups excluding carboxylic acids is 1. The van der Waals surface area contributed by atoms with E-state index in [9.17, 15) is 4.79 Å². The Balaban J connectivity index is 1.45. The lowest BCUT2D eigenvalue weighted by atomic mass is 10.1. The molecule has 4 rings (SSSR count). The number of aromatic nitrogens is 5. The third-order valence-corrected chi connectivity index (χ3v) is 5.27. The number of hydrogen-bond donors (Lipinski definition) is 1. The number of nitrogens with one attached hydrogen (secondary N) is 1. The molecule has 0 aliphatic carbocycles. The van der Waals surface area contributed by atoms with E-state index in [1.807, 2.05) is 49.1 Å². The second-order valence-electron chi connectivity index (χ2n) is 6.96. The van der Waals surface area contributed by atoms with Gasteiger partial charge in [0.05, 0.1) is 11.6 Å². The minimum Gasteiger partial charge on any atom is -0.350 e. The zero-order valence-electron chi connectivity index (χ0n) is 15.3. The van der Waals surface area contributed by atoms with Crippen LogP contribution in [0.2, 0.25) is 0 Å². The summed E-state index contributed by atoms with van der Waals surface area (Å²) in [6.07, 6.45) is 2.83. The molecule has 3 heterocycles. The van der Waals surface area contributed by atoms with Crippen LogP contribution in [0.25, 0.3) is 10.9 Å². The first-order valence-electron chi connectivity index (χ1n) is 8.86. The zero-order chi connectivity index (χ0) is 18.3. The van der Waals surface area contributed by atoms with Crippen LogP contribution in [0.4, 0.5) is 0 Å². The van der Waals surface area contributed by atoms with Gasteiger partial charge in [-0.1, -0.05) is 18.2 Å². The summed E-state index contributed by atoms with van der Waals surface area (Å²) in [6.45, 7) is 3.81. The molecule has 1 unspecified atom stereocenters. The van der Waals surface area contributed by atoms with Crippen LogP contribution in [0.1, 0.15) is 35.6 Å². The number of nitrogens with zero attached hydrogens (tertiary/aromatic N) is 6. The molecule has 0 spiro atoms. The van der Waals surface area contributed by atoms with Gasteiger partial charge in [-0.15, -0.1) is 5.10 Å². The van der Waals surface area contributed by atoms with Crippen molar-refractivity contribution in [2.45, 2.75) is 25.4 Å². The predicted octanol–water partition coefficient (Wildman–Crippen LogP) is 1.27. The smallest absolute Gasteiger partial charge is 0.253 e. The summed E-state index contributed by atoms with van der Waals surface area (Å²) in [4.78, 5) is 15.1. The molecule has 0 radical (unpaired) electrons. The largest absolute Gasteiger partial charge is 0.350 e. The van der Waals surface area contributed by atoms with Crippen molar-refractivity contribution in [2.75, 3.05) is 13.1 Å². The van der Waals surface area contributed by atoms with Crippen LogP contribution in [0, 0.1) is 0 Å². The van der Waals surface area contributed by atoms with Gasteiger partial charge in [-0.2, -0.15) is 0 Å². The second kappa shape index (κ2) is 6.53. The van der Waals surface area contributed by atoms with E-state index in [1.54, 1.807) is 4.68 Å². The van der Waals surface area contributed by atoms with Crippen molar-refractivity contribution < 1.29 is 4.79 Å². The van der Waals surface area contributed by atoms with E-state index in [4.69, 9.17) is 0 Å². The number of benzene rings is 1. The van der Waals surface area contributed by atoms with Crippen molar-refractivity contribution in [3.63, 3.8) is 0 Å². The fourth-order valence-corrected chi connectivity index (χ4v) is 3.80. The fraction of sp³-hybridized carbons (Fsp3) is 0.444. The Morgan fingerprint density at radius 1 is 1.31 bits per heavy atom. The van der Waals surface area contributed by atoms with E-state index < -0.39 is 0 Å². The number of aryl methyl sites for hydroxylation is 2. The second-order valence-corrected chi connectivity index (χ2v) is 6.96. The van der Waals surface area contributed by atoms with Gasteiger partial charge in [0.2, 0.25) is 0 Å². The van der Waals surface area contributed by atoms with Crippen LogP contribution in [-0.4, -0.2) is 54.7 Å². The Hall–Kier alpha value is -2.74. The van der Waals surface area contributed by atoms with Crippen molar-refractivity contribution in [3.05, 3.63) is 41.9 Å². The number of hydrogen-bond acceptors (Lipinski definition) is 5. The number of carbonyl (C=O) groups is 1. The van der Waals surface area contributed by atoms with Gasteiger partial charge in [0.15, 0.2) is 5.82 Å². The monoisotopic (exact) mass is 353 g/mol. The lowest BCUT2D eigenvalue weighted by Crippen LogP contribution is -2.37. The average molecular weight is 353 g/mol. The predicted molar refractivity (Wildman–Crippen MR) is 97.6 cm³/mol. The quantitative estimate of drug-likeness (QED) is 0.764. The molecule has 1 aliphatic rings. The molecule has 1 aromatic carbocycles. The molecule has 3 aromatic rings. The van der Waals surface area contributed by atoms with Gasteiger partial charge in [-0.05, 0) is 29.8 Å². The topological polar surface area (TPSA) is 80.9 Å². The van der Waals surface area contributed by atoms with Gasteiger partial charge < -0.3 is 9.88 Å². The Bertz CT molecular complexity index is 944. The summed E-state index contributed by atoms with van der Waals surface area (Å²) in [6, 6.07) is 8.22. The maximum atomic E-state index is 12.8. The van der Waals surface area contributed by atoms with Gasteiger partial charge in [-0.25, -0.2) is 4.68 Å². The Labute approximate surface area is 151 Å². The summed E-state index contributed by atoms with van der Waals surface area (Å²) in [7, 11) is 3.81. The summed E-state index contributed by atoms with van der Waals surface area (Å²) < 4.78 is 3.70. The van der Waals surface area contributed by atoms with Crippen LogP contribution in [0.5, 0.6) is 0 Å². The van der Waals surface area contributed by atoms with Gasteiger partial charge >= 0.3 is 0 Å². The Morgan fingerprint density at radius 2 is 2.12 bits per heavy atom. The molecule has 1 fully saturated rings. The highest BCUT2D eigenvalue weighted by Gasteiger charge is 2.30. The summed E-state index contributed by atoms with van der Waals surface area (Å²) in [5.74, 6) is 0.827. The number of likely N-dealkylation sites (tertiary alicyclic amines) is 1. The van der Waals surface area contributed by atoms with E-state index in [2.05, 4.69) is 32.7 Å². The first-order chi connectivity index (χ1) is 12.5. The highest BCUT2D eigenvalue weighted by molar-refractivity contribution is 6.07. The Morgan fingerprint density at radius 3 is 2.88 bits per heavy atom. The number of para-hydroxylation sites is 1. The molecule has 2 atom stereocenters. The van der Waals surface area contributed by atoms with E-state index in [0.29, 0.717) is 0 Å². The van der Waals surface area contributed by atoms with Gasteiger partial charge in [0, 0.05) is 50.3 Å². The minimum atomic E-state index is -0.0124. The van der Waals surface area contributed by atoms with Crippen LogP contribution < -0.4 is 5.32 Å². The van der Waals surface area contributed by atoms with Gasteiger partial charge in [0.25, 0.3) is 5.91 Å². The summed E-state index contributed by atoms with van der Waals surface area (Å²) in [5.41, 5.74) is 1.79. The van der Waals surface area contributed by atoms with Crippen LogP contribution in [-0.2, 0) is 14.1 Å². The number of rotatable bonds is 4. The number of tetrazole rings is 1. The normalized spacial score (nSPS) is 19.1. The third kappa shape index (κ3) is 2.86. The molecule has 0 bridgehead atoms. The average Bonchev–Trinajstić information content (AvgIpc) is 3.34. The number of amides is 1. The van der Waals surface area contributed by atoms with E-state index >= 15 is 0 Å². The number of fused-ring (bicyclic) bond motifs is 1. The van der Waals surface area contributed by atoms with Gasteiger partial charge in [0.1, 0.15) is 0 Å². The lowest BCUT2D eigenvalue weighted by Gasteiger charge is -2.22. The molecule has 0 saturated carbocycles. The fourth-order valence-electron chi connectivity index (χ4n) is 3.80. The van der Waals surface area contributed by atoms with Crippen LogP contribution in [0.15, 0.2) is 30.5 Å². The zero-order valence-corrected chi connectivity index (χ0v) is 15.3. The highest BCUT2D eigenvalue weighted by Crippen LogP contribution is 2.24.